The lowest BCUT2D eigenvalue weighted by atomic mass is 9.83. The van der Waals surface area contributed by atoms with Gasteiger partial charge in [-0.2, -0.15) is 0 Å². The minimum absolute atomic E-state index is 0.114. The number of likely N-dealkylation sites (tertiary alicyclic amines) is 2. The summed E-state index contributed by atoms with van der Waals surface area (Å²) in [5.74, 6) is 0.703. The Morgan fingerprint density at radius 1 is 1.40 bits per heavy atom. The van der Waals surface area contributed by atoms with Gasteiger partial charge in [-0.1, -0.05) is 5.16 Å². The lowest BCUT2D eigenvalue weighted by molar-refractivity contribution is -0.140. The number of imidazole rings is 1. The third-order valence-corrected chi connectivity index (χ3v) is 5.26. The number of H-pyrrole nitrogens is 1. The molecule has 2 aromatic heterocycles. The maximum absolute atomic E-state index is 12.5. The molecule has 0 radical (unpaired) electrons. The highest BCUT2D eigenvalue weighted by molar-refractivity contribution is 5.91. The van der Waals surface area contributed by atoms with Crippen molar-refractivity contribution in [1.82, 2.24) is 24.9 Å². The van der Waals surface area contributed by atoms with Gasteiger partial charge in [0, 0.05) is 56.5 Å². The van der Waals surface area contributed by atoms with Gasteiger partial charge in [-0.3, -0.25) is 9.59 Å². The van der Waals surface area contributed by atoms with Crippen LogP contribution in [0.1, 0.15) is 35.5 Å². The number of hydrogen-bond donors (Lipinski definition) is 1. The van der Waals surface area contributed by atoms with E-state index in [1.165, 1.54) is 6.20 Å². The molecule has 0 unspecified atom stereocenters. The smallest absolute Gasteiger partial charge is 0.292 e. The Morgan fingerprint density at radius 2 is 2.32 bits per heavy atom. The Labute approximate surface area is 145 Å². The van der Waals surface area contributed by atoms with Crippen LogP contribution in [-0.2, 0) is 11.2 Å². The van der Waals surface area contributed by atoms with Crippen LogP contribution in [0.5, 0.6) is 0 Å². The average Bonchev–Trinajstić information content (AvgIpc) is 3.33. The molecule has 0 spiro atoms. The summed E-state index contributed by atoms with van der Waals surface area (Å²) in [4.78, 5) is 35.8. The maximum atomic E-state index is 12.5. The van der Waals surface area contributed by atoms with Crippen LogP contribution < -0.4 is 0 Å². The molecule has 2 aromatic rings. The van der Waals surface area contributed by atoms with E-state index in [9.17, 15) is 9.59 Å². The summed E-state index contributed by atoms with van der Waals surface area (Å²) in [6, 6.07) is 1.80. The molecule has 2 fully saturated rings. The van der Waals surface area contributed by atoms with E-state index in [4.69, 9.17) is 4.52 Å². The fraction of sp³-hybridized carbons (Fsp3) is 0.529. The molecule has 0 bridgehead atoms. The summed E-state index contributed by atoms with van der Waals surface area (Å²) >= 11 is 0. The Hall–Kier alpha value is -2.64. The van der Waals surface area contributed by atoms with Crippen LogP contribution in [0.15, 0.2) is 29.3 Å². The van der Waals surface area contributed by atoms with Gasteiger partial charge in [-0.25, -0.2) is 4.98 Å². The number of nitrogens with zero attached hydrogens (tertiary/aromatic N) is 4. The Morgan fingerprint density at radius 3 is 3.08 bits per heavy atom. The number of carbonyl (C=O) groups excluding carboxylic acids is 2. The summed E-state index contributed by atoms with van der Waals surface area (Å²) < 4.78 is 4.99. The molecule has 0 saturated carbocycles. The zero-order chi connectivity index (χ0) is 17.2. The third kappa shape index (κ3) is 3.16. The summed E-state index contributed by atoms with van der Waals surface area (Å²) in [7, 11) is 0. The first kappa shape index (κ1) is 15.9. The lowest BCUT2D eigenvalue weighted by Crippen LogP contribution is -2.57. The fourth-order valence-electron chi connectivity index (χ4n) is 3.97. The van der Waals surface area contributed by atoms with E-state index in [0.717, 1.165) is 25.0 Å². The minimum Gasteiger partial charge on any atom is -0.351 e. The molecule has 0 aromatic carbocycles. The topological polar surface area (TPSA) is 95.3 Å². The van der Waals surface area contributed by atoms with Crippen LogP contribution in [0, 0.1) is 5.92 Å². The Balaban J connectivity index is 1.41. The number of hydrogen-bond acceptors (Lipinski definition) is 5. The van der Waals surface area contributed by atoms with E-state index in [1.54, 1.807) is 18.6 Å². The molecule has 2 aliphatic rings. The normalized spacial score (nSPS) is 23.6. The standard InChI is InChI=1S/C17H21N5O3/c23-16-2-1-12-10-21(17(24)15-3-6-20-25-15)7-5-14(12)22(16)8-4-13-9-18-11-19-13/h3,6,9,11-12,14H,1-2,4-5,7-8,10H2,(H,18,19)/t12-,14+/m0/s1. The third-order valence-electron chi connectivity index (χ3n) is 5.26. The van der Waals surface area contributed by atoms with Gasteiger partial charge in [0.15, 0.2) is 0 Å². The Bertz CT molecular complexity index is 728. The maximum Gasteiger partial charge on any atom is 0.292 e. The predicted molar refractivity (Wildman–Crippen MR) is 87.5 cm³/mol. The highest BCUT2D eigenvalue weighted by Gasteiger charge is 2.40. The molecule has 8 heteroatoms. The second-order valence-corrected chi connectivity index (χ2v) is 6.70. The van der Waals surface area contributed by atoms with Gasteiger partial charge in [-0.15, -0.1) is 0 Å². The van der Waals surface area contributed by atoms with Crippen LogP contribution >= 0.6 is 0 Å². The molecule has 2 aliphatic heterocycles. The van der Waals surface area contributed by atoms with Gasteiger partial charge in [-0.05, 0) is 18.8 Å². The number of fused-ring (bicyclic) bond motifs is 1. The first-order chi connectivity index (χ1) is 12.2. The molecule has 0 aliphatic carbocycles. The number of amides is 2. The second kappa shape index (κ2) is 6.70. The monoisotopic (exact) mass is 343 g/mol. The van der Waals surface area contributed by atoms with Crippen molar-refractivity contribution in [3.8, 4) is 0 Å². The van der Waals surface area contributed by atoms with Crippen LogP contribution in [0.3, 0.4) is 0 Å². The van der Waals surface area contributed by atoms with Crippen LogP contribution in [0.25, 0.3) is 0 Å². The van der Waals surface area contributed by atoms with Crippen molar-refractivity contribution in [3.63, 3.8) is 0 Å². The van der Waals surface area contributed by atoms with Crippen LogP contribution in [-0.4, -0.2) is 62.4 Å². The molecule has 4 heterocycles. The number of aromatic nitrogens is 3. The molecule has 25 heavy (non-hydrogen) atoms. The lowest BCUT2D eigenvalue weighted by Gasteiger charge is -2.47. The van der Waals surface area contributed by atoms with Crippen LogP contribution in [0.4, 0.5) is 0 Å². The van der Waals surface area contributed by atoms with E-state index < -0.39 is 0 Å². The largest absolute Gasteiger partial charge is 0.351 e. The van der Waals surface area contributed by atoms with Crippen molar-refractivity contribution in [2.45, 2.75) is 31.7 Å². The van der Waals surface area contributed by atoms with Crippen LogP contribution in [0.2, 0.25) is 0 Å². The summed E-state index contributed by atoms with van der Waals surface area (Å²) in [6.45, 7) is 1.99. The van der Waals surface area contributed by atoms with Crippen molar-refractivity contribution < 1.29 is 14.1 Å². The summed E-state index contributed by atoms with van der Waals surface area (Å²) in [5, 5.41) is 3.61. The molecular weight excluding hydrogens is 322 g/mol. The van der Waals surface area contributed by atoms with Crippen molar-refractivity contribution in [2.75, 3.05) is 19.6 Å². The van der Waals surface area contributed by atoms with Crippen molar-refractivity contribution >= 4 is 11.8 Å². The first-order valence-electron chi connectivity index (χ1n) is 8.69. The van der Waals surface area contributed by atoms with Gasteiger partial charge in [0.25, 0.3) is 5.91 Å². The van der Waals surface area contributed by atoms with Gasteiger partial charge >= 0.3 is 0 Å². The number of piperidine rings is 2. The molecule has 2 atom stereocenters. The van der Waals surface area contributed by atoms with Crippen molar-refractivity contribution in [2.24, 2.45) is 5.92 Å². The number of nitrogens with one attached hydrogen (secondary N) is 1. The zero-order valence-corrected chi connectivity index (χ0v) is 13.9. The van der Waals surface area contributed by atoms with Gasteiger partial charge in [0.2, 0.25) is 11.7 Å². The summed E-state index contributed by atoms with van der Waals surface area (Å²) in [6.07, 6.45) is 7.90. The SMILES string of the molecule is O=C(c1ccno1)N1CC[C@@H]2[C@@H](CCC(=O)N2CCc2cnc[nH]2)C1. The van der Waals surface area contributed by atoms with E-state index in [0.29, 0.717) is 32.0 Å². The second-order valence-electron chi connectivity index (χ2n) is 6.70. The molecule has 4 rings (SSSR count). The number of rotatable bonds is 4. The molecule has 2 amide bonds. The van der Waals surface area contributed by atoms with Gasteiger partial charge < -0.3 is 19.3 Å². The molecule has 2 saturated heterocycles. The number of aromatic amines is 1. The number of carbonyl (C=O) groups is 2. The first-order valence-corrected chi connectivity index (χ1v) is 8.69. The van der Waals surface area contributed by atoms with E-state index in [1.807, 2.05) is 9.80 Å². The fourth-order valence-corrected chi connectivity index (χ4v) is 3.97. The van der Waals surface area contributed by atoms with E-state index in [2.05, 4.69) is 15.1 Å². The highest BCUT2D eigenvalue weighted by atomic mass is 16.5. The Kier molecular flexibility index (Phi) is 4.25. The van der Waals surface area contributed by atoms with E-state index in [-0.39, 0.29) is 23.6 Å². The highest BCUT2D eigenvalue weighted by Crippen LogP contribution is 2.32. The van der Waals surface area contributed by atoms with Crippen molar-refractivity contribution in [3.05, 3.63) is 36.2 Å². The molecule has 132 valence electrons. The quantitative estimate of drug-likeness (QED) is 0.897. The average molecular weight is 343 g/mol. The summed E-state index contributed by atoms with van der Waals surface area (Å²) in [5.41, 5.74) is 1.04. The van der Waals surface area contributed by atoms with Gasteiger partial charge in [0.1, 0.15) is 0 Å². The molecular formula is C17H21N5O3. The predicted octanol–water partition coefficient (Wildman–Crippen LogP) is 1.09. The van der Waals surface area contributed by atoms with Gasteiger partial charge in [0.05, 0.1) is 12.5 Å². The minimum atomic E-state index is -0.114. The molecule has 8 nitrogen and oxygen atoms in total. The van der Waals surface area contributed by atoms with E-state index >= 15 is 0 Å². The van der Waals surface area contributed by atoms with Crippen molar-refractivity contribution in [1.29, 1.82) is 0 Å². The zero-order valence-electron chi connectivity index (χ0n) is 13.9. The molecule has 1 N–H and O–H groups in total.